The number of nitrogens with zero attached hydrogens (tertiary/aromatic N) is 1. The molecule has 0 atom stereocenters. The number of amides is 1. The number of nitrogens with one attached hydrogen (secondary N) is 1. The average Bonchev–Trinajstić information content (AvgIpc) is 2.25. The van der Waals surface area contributed by atoms with Crippen molar-refractivity contribution in [2.45, 2.75) is 13.3 Å². The van der Waals surface area contributed by atoms with Gasteiger partial charge in [-0.2, -0.15) is 0 Å². The maximum atomic E-state index is 11.2. The lowest BCUT2D eigenvalue weighted by Gasteiger charge is -2.20. The van der Waals surface area contributed by atoms with Crippen molar-refractivity contribution in [3.8, 4) is 0 Å². The summed E-state index contributed by atoms with van der Waals surface area (Å²) in [4.78, 5) is 23.4. The molecule has 0 aliphatic rings. The van der Waals surface area contributed by atoms with Gasteiger partial charge in [-0.05, 0) is 6.92 Å². The van der Waals surface area contributed by atoms with E-state index in [1.54, 1.807) is 11.8 Å². The van der Waals surface area contributed by atoms with Crippen molar-refractivity contribution < 1.29 is 19.8 Å². The van der Waals surface area contributed by atoms with E-state index < -0.39 is 5.97 Å². The van der Waals surface area contributed by atoms with Crippen molar-refractivity contribution >= 4 is 11.9 Å². The van der Waals surface area contributed by atoms with Crippen LogP contribution < -0.4 is 5.32 Å². The highest BCUT2D eigenvalue weighted by Gasteiger charge is 2.07. The van der Waals surface area contributed by atoms with E-state index >= 15 is 0 Å². The molecule has 0 saturated carbocycles. The van der Waals surface area contributed by atoms with Crippen LogP contribution >= 0.6 is 0 Å². The molecular weight excluding hydrogens is 224 g/mol. The third-order valence-corrected chi connectivity index (χ3v) is 2.16. The Hall–Kier alpha value is -1.40. The van der Waals surface area contributed by atoms with Gasteiger partial charge in [-0.15, -0.1) is 0 Å². The largest absolute Gasteiger partial charge is 0.481 e. The fourth-order valence-electron chi connectivity index (χ4n) is 1.21. The van der Waals surface area contributed by atoms with Gasteiger partial charge in [0.15, 0.2) is 0 Å². The summed E-state index contributed by atoms with van der Waals surface area (Å²) in [6, 6.07) is 0. The molecule has 0 aliphatic carbocycles. The molecule has 0 fully saturated rings. The van der Waals surface area contributed by atoms with E-state index in [2.05, 4.69) is 11.9 Å². The van der Waals surface area contributed by atoms with E-state index in [1.807, 2.05) is 0 Å². The molecule has 3 N–H and O–H groups in total. The highest BCUT2D eigenvalue weighted by Crippen LogP contribution is 1.92. The summed E-state index contributed by atoms with van der Waals surface area (Å²) in [6.07, 6.45) is 0.0223. The Morgan fingerprint density at radius 3 is 2.41 bits per heavy atom. The number of carboxylic acids is 1. The standard InChI is InChI=1S/C11H20N2O4/c1-9(2)11(17)12-4-6-13(7-8-14)5-3-10(15)16/h14H,1,3-8H2,2H3,(H,12,17)(H,15,16). The Morgan fingerprint density at radius 2 is 1.94 bits per heavy atom. The molecule has 6 nitrogen and oxygen atoms in total. The first kappa shape index (κ1) is 15.6. The molecule has 0 aromatic carbocycles. The van der Waals surface area contributed by atoms with E-state index in [-0.39, 0.29) is 18.9 Å². The number of hydrogen-bond donors (Lipinski definition) is 3. The zero-order valence-electron chi connectivity index (χ0n) is 10.1. The molecule has 0 radical (unpaired) electrons. The topological polar surface area (TPSA) is 89.9 Å². The average molecular weight is 244 g/mol. The molecule has 0 spiro atoms. The summed E-state index contributed by atoms with van der Waals surface area (Å²) < 4.78 is 0. The molecule has 0 aliphatic heterocycles. The van der Waals surface area contributed by atoms with Crippen LogP contribution in [0, 0.1) is 0 Å². The van der Waals surface area contributed by atoms with Crippen molar-refractivity contribution in [1.82, 2.24) is 10.2 Å². The second kappa shape index (κ2) is 8.72. The van der Waals surface area contributed by atoms with Crippen LogP contribution in [-0.2, 0) is 9.59 Å². The summed E-state index contributed by atoms with van der Waals surface area (Å²) in [5, 5.41) is 20.0. The first-order chi connectivity index (χ1) is 7.97. The van der Waals surface area contributed by atoms with Gasteiger partial charge in [-0.1, -0.05) is 6.58 Å². The van der Waals surface area contributed by atoms with Crippen molar-refractivity contribution in [1.29, 1.82) is 0 Å². The number of aliphatic carboxylic acids is 1. The molecule has 0 bridgehead atoms. The van der Waals surface area contributed by atoms with E-state index in [9.17, 15) is 9.59 Å². The van der Waals surface area contributed by atoms with Crippen molar-refractivity contribution in [3.63, 3.8) is 0 Å². The van der Waals surface area contributed by atoms with Crippen LogP contribution in [0.2, 0.25) is 0 Å². The lowest BCUT2D eigenvalue weighted by atomic mass is 10.3. The SMILES string of the molecule is C=C(C)C(=O)NCCN(CCO)CCC(=O)O. The van der Waals surface area contributed by atoms with E-state index in [4.69, 9.17) is 10.2 Å². The second-order valence-electron chi connectivity index (χ2n) is 3.75. The minimum Gasteiger partial charge on any atom is -0.481 e. The first-order valence-electron chi connectivity index (χ1n) is 5.46. The Labute approximate surface area is 101 Å². The van der Waals surface area contributed by atoms with Gasteiger partial charge in [0.2, 0.25) is 5.91 Å². The molecule has 0 aromatic rings. The van der Waals surface area contributed by atoms with E-state index in [0.717, 1.165) is 0 Å². The lowest BCUT2D eigenvalue weighted by Crippen LogP contribution is -2.37. The summed E-state index contributed by atoms with van der Waals surface area (Å²) in [5.41, 5.74) is 0.434. The molecule has 0 unspecified atom stereocenters. The summed E-state index contributed by atoms with van der Waals surface area (Å²) in [5.74, 6) is -1.09. The Kier molecular flexibility index (Phi) is 8.00. The van der Waals surface area contributed by atoms with Crippen LogP contribution in [0.3, 0.4) is 0 Å². The van der Waals surface area contributed by atoms with Crippen LogP contribution in [0.25, 0.3) is 0 Å². The van der Waals surface area contributed by atoms with Gasteiger partial charge >= 0.3 is 5.97 Å². The normalized spacial score (nSPS) is 10.3. The fraction of sp³-hybridized carbons (Fsp3) is 0.636. The highest BCUT2D eigenvalue weighted by molar-refractivity contribution is 5.92. The number of aliphatic hydroxyl groups is 1. The molecular formula is C11H20N2O4. The van der Waals surface area contributed by atoms with Crippen LogP contribution in [0.15, 0.2) is 12.2 Å². The van der Waals surface area contributed by atoms with Gasteiger partial charge in [0.1, 0.15) is 0 Å². The third-order valence-electron chi connectivity index (χ3n) is 2.16. The van der Waals surface area contributed by atoms with Crippen LogP contribution in [0.4, 0.5) is 0 Å². The fourth-order valence-corrected chi connectivity index (χ4v) is 1.21. The molecule has 98 valence electrons. The predicted molar refractivity (Wildman–Crippen MR) is 63.6 cm³/mol. The molecule has 0 rings (SSSR count). The summed E-state index contributed by atoms with van der Waals surface area (Å²) in [6.45, 7) is 6.76. The number of carboxylic acid groups (broad SMARTS) is 1. The Morgan fingerprint density at radius 1 is 1.29 bits per heavy atom. The van der Waals surface area contributed by atoms with Crippen molar-refractivity contribution in [2.75, 3.05) is 32.8 Å². The number of aliphatic hydroxyl groups excluding tert-OH is 1. The van der Waals surface area contributed by atoms with Crippen LogP contribution in [-0.4, -0.2) is 59.8 Å². The zero-order valence-corrected chi connectivity index (χ0v) is 10.1. The number of hydrogen-bond acceptors (Lipinski definition) is 4. The van der Waals surface area contributed by atoms with Gasteiger partial charge in [0.05, 0.1) is 13.0 Å². The minimum atomic E-state index is -0.876. The van der Waals surface area contributed by atoms with Gasteiger partial charge in [0.25, 0.3) is 0 Å². The molecule has 0 saturated heterocycles. The first-order valence-corrected chi connectivity index (χ1v) is 5.46. The van der Waals surface area contributed by atoms with Crippen molar-refractivity contribution in [3.05, 3.63) is 12.2 Å². The van der Waals surface area contributed by atoms with Gasteiger partial charge < -0.3 is 15.5 Å². The molecule has 6 heteroatoms. The maximum Gasteiger partial charge on any atom is 0.304 e. The molecule has 0 aromatic heterocycles. The number of rotatable bonds is 9. The number of carbonyl (C=O) groups excluding carboxylic acids is 1. The monoisotopic (exact) mass is 244 g/mol. The van der Waals surface area contributed by atoms with Crippen LogP contribution in [0.5, 0.6) is 0 Å². The van der Waals surface area contributed by atoms with E-state index in [0.29, 0.717) is 31.8 Å². The summed E-state index contributed by atoms with van der Waals surface area (Å²) >= 11 is 0. The van der Waals surface area contributed by atoms with Crippen molar-refractivity contribution in [2.24, 2.45) is 0 Å². The zero-order chi connectivity index (χ0) is 13.3. The van der Waals surface area contributed by atoms with E-state index in [1.165, 1.54) is 0 Å². The Bertz CT molecular complexity index is 279. The van der Waals surface area contributed by atoms with Gasteiger partial charge in [-0.3, -0.25) is 14.5 Å². The van der Waals surface area contributed by atoms with Gasteiger partial charge in [0, 0.05) is 31.8 Å². The number of carbonyl (C=O) groups is 2. The quantitative estimate of drug-likeness (QED) is 0.473. The Balaban J connectivity index is 3.87. The highest BCUT2D eigenvalue weighted by atomic mass is 16.4. The smallest absolute Gasteiger partial charge is 0.304 e. The molecule has 17 heavy (non-hydrogen) atoms. The minimum absolute atomic E-state index is 0.0223. The van der Waals surface area contributed by atoms with Gasteiger partial charge in [-0.25, -0.2) is 0 Å². The molecule has 1 amide bonds. The maximum absolute atomic E-state index is 11.2. The lowest BCUT2D eigenvalue weighted by molar-refractivity contribution is -0.137. The summed E-state index contributed by atoms with van der Waals surface area (Å²) in [7, 11) is 0. The second-order valence-corrected chi connectivity index (χ2v) is 3.75. The van der Waals surface area contributed by atoms with Crippen LogP contribution in [0.1, 0.15) is 13.3 Å². The predicted octanol–water partition coefficient (Wildman–Crippen LogP) is -0.552. The molecule has 0 heterocycles. The third kappa shape index (κ3) is 8.41.